The molecule has 0 aliphatic heterocycles. The van der Waals surface area contributed by atoms with Crippen LogP contribution in [0.5, 0.6) is 0 Å². The minimum absolute atomic E-state index is 0.282. The summed E-state index contributed by atoms with van der Waals surface area (Å²) in [5, 5.41) is 3.71. The maximum atomic E-state index is 13.4. The Labute approximate surface area is 117 Å². The van der Waals surface area contributed by atoms with Gasteiger partial charge in [0.25, 0.3) is 5.91 Å². The standard InChI is InChI=1S/C13H9BrFN3O/c14-11-1-2-12(15)10(7-11)8-17-18-13(19)9-3-5-16-6-4-9/h1-8H,(H,18,19)/b17-8+. The Morgan fingerprint density at radius 1 is 1.32 bits per heavy atom. The molecule has 0 saturated carbocycles. The number of halogens is 2. The van der Waals surface area contributed by atoms with Crippen molar-refractivity contribution in [2.24, 2.45) is 5.10 Å². The van der Waals surface area contributed by atoms with Gasteiger partial charge in [-0.2, -0.15) is 5.10 Å². The number of hydrogen-bond acceptors (Lipinski definition) is 3. The van der Waals surface area contributed by atoms with E-state index in [0.29, 0.717) is 5.56 Å². The van der Waals surface area contributed by atoms with Crippen LogP contribution in [0.1, 0.15) is 15.9 Å². The van der Waals surface area contributed by atoms with Crippen LogP contribution in [0.15, 0.2) is 52.3 Å². The molecule has 2 rings (SSSR count). The van der Waals surface area contributed by atoms with Crippen LogP contribution in [0.4, 0.5) is 4.39 Å². The largest absolute Gasteiger partial charge is 0.271 e. The third kappa shape index (κ3) is 3.69. The number of rotatable bonds is 3. The predicted octanol–water partition coefficient (Wildman–Crippen LogP) is 2.75. The van der Waals surface area contributed by atoms with Crippen LogP contribution in [0, 0.1) is 5.82 Å². The molecule has 19 heavy (non-hydrogen) atoms. The van der Waals surface area contributed by atoms with Gasteiger partial charge in [0.1, 0.15) is 5.82 Å². The number of nitrogens with zero attached hydrogens (tertiary/aromatic N) is 2. The zero-order valence-corrected chi connectivity index (χ0v) is 11.3. The first-order chi connectivity index (χ1) is 9.16. The van der Waals surface area contributed by atoms with Crippen molar-refractivity contribution in [2.45, 2.75) is 0 Å². The molecule has 0 radical (unpaired) electrons. The second kappa shape index (κ2) is 6.19. The minimum atomic E-state index is -0.412. The average molecular weight is 322 g/mol. The van der Waals surface area contributed by atoms with Crippen molar-refractivity contribution < 1.29 is 9.18 Å². The number of hydrazone groups is 1. The van der Waals surface area contributed by atoms with E-state index in [4.69, 9.17) is 0 Å². The van der Waals surface area contributed by atoms with E-state index in [1.807, 2.05) is 0 Å². The van der Waals surface area contributed by atoms with Crippen molar-refractivity contribution >= 4 is 28.1 Å². The van der Waals surface area contributed by atoms with Gasteiger partial charge in [0.2, 0.25) is 0 Å². The molecule has 0 saturated heterocycles. The van der Waals surface area contributed by atoms with E-state index in [-0.39, 0.29) is 11.5 Å². The van der Waals surface area contributed by atoms with Gasteiger partial charge in [0, 0.05) is 28.0 Å². The molecular formula is C13H9BrFN3O. The third-order valence-corrected chi connectivity index (χ3v) is 2.76. The highest BCUT2D eigenvalue weighted by atomic mass is 79.9. The summed E-state index contributed by atoms with van der Waals surface area (Å²) in [6.45, 7) is 0. The number of pyridine rings is 1. The highest BCUT2D eigenvalue weighted by Gasteiger charge is 2.03. The summed E-state index contributed by atoms with van der Waals surface area (Å²) in [6, 6.07) is 7.59. The van der Waals surface area contributed by atoms with Gasteiger partial charge in [-0.25, -0.2) is 9.82 Å². The molecule has 0 aliphatic rings. The van der Waals surface area contributed by atoms with E-state index in [2.05, 4.69) is 31.4 Å². The number of carbonyl (C=O) groups is 1. The number of nitrogens with one attached hydrogen (secondary N) is 1. The Morgan fingerprint density at radius 2 is 2.05 bits per heavy atom. The molecule has 0 aliphatic carbocycles. The molecule has 0 spiro atoms. The Kier molecular flexibility index (Phi) is 4.35. The average Bonchev–Trinajstić information content (AvgIpc) is 2.43. The van der Waals surface area contributed by atoms with E-state index in [1.54, 1.807) is 24.3 Å². The van der Waals surface area contributed by atoms with Crippen LogP contribution in [0.25, 0.3) is 0 Å². The second-order valence-corrected chi connectivity index (χ2v) is 4.52. The summed E-state index contributed by atoms with van der Waals surface area (Å²) in [4.78, 5) is 15.4. The Morgan fingerprint density at radius 3 is 2.79 bits per heavy atom. The van der Waals surface area contributed by atoms with E-state index >= 15 is 0 Å². The molecule has 0 fully saturated rings. The van der Waals surface area contributed by atoms with Crippen LogP contribution in [0.3, 0.4) is 0 Å². The normalized spacial score (nSPS) is 10.6. The molecule has 1 amide bonds. The van der Waals surface area contributed by atoms with E-state index in [9.17, 15) is 9.18 Å². The maximum Gasteiger partial charge on any atom is 0.271 e. The highest BCUT2D eigenvalue weighted by molar-refractivity contribution is 9.10. The lowest BCUT2D eigenvalue weighted by Gasteiger charge is -1.99. The zero-order valence-electron chi connectivity index (χ0n) is 9.68. The van der Waals surface area contributed by atoms with Gasteiger partial charge in [-0.05, 0) is 30.3 Å². The molecule has 1 aromatic carbocycles. The SMILES string of the molecule is O=C(N/N=C/c1cc(Br)ccc1F)c1ccncc1. The molecule has 1 heterocycles. The molecule has 0 bridgehead atoms. The molecule has 1 aromatic heterocycles. The van der Waals surface area contributed by atoms with Crippen molar-refractivity contribution in [3.05, 3.63) is 64.1 Å². The van der Waals surface area contributed by atoms with Gasteiger partial charge in [0.05, 0.1) is 6.21 Å². The molecule has 1 N–H and O–H groups in total. The highest BCUT2D eigenvalue weighted by Crippen LogP contribution is 2.13. The number of carbonyl (C=O) groups excluding carboxylic acids is 1. The predicted molar refractivity (Wildman–Crippen MR) is 73.4 cm³/mol. The third-order valence-electron chi connectivity index (χ3n) is 2.27. The van der Waals surface area contributed by atoms with Gasteiger partial charge in [-0.15, -0.1) is 0 Å². The Balaban J connectivity index is 2.04. The monoisotopic (exact) mass is 321 g/mol. The van der Waals surface area contributed by atoms with Crippen molar-refractivity contribution in [1.29, 1.82) is 0 Å². The summed E-state index contributed by atoms with van der Waals surface area (Å²) in [5.41, 5.74) is 3.03. The Bertz CT molecular complexity index is 617. The lowest BCUT2D eigenvalue weighted by molar-refractivity contribution is 0.0955. The fourth-order valence-electron chi connectivity index (χ4n) is 1.34. The molecular weight excluding hydrogens is 313 g/mol. The number of aromatic nitrogens is 1. The lowest BCUT2D eigenvalue weighted by Crippen LogP contribution is -2.17. The van der Waals surface area contributed by atoms with Gasteiger partial charge in [-0.1, -0.05) is 15.9 Å². The summed E-state index contributed by atoms with van der Waals surface area (Å²) < 4.78 is 14.1. The summed E-state index contributed by atoms with van der Waals surface area (Å²) >= 11 is 3.23. The van der Waals surface area contributed by atoms with Crippen LogP contribution >= 0.6 is 15.9 Å². The first kappa shape index (κ1) is 13.4. The first-order valence-electron chi connectivity index (χ1n) is 5.35. The number of benzene rings is 1. The van der Waals surface area contributed by atoms with Crippen LogP contribution in [-0.4, -0.2) is 17.1 Å². The fourth-order valence-corrected chi connectivity index (χ4v) is 1.72. The molecule has 2 aromatic rings. The van der Waals surface area contributed by atoms with Gasteiger partial charge >= 0.3 is 0 Å². The lowest BCUT2D eigenvalue weighted by atomic mass is 10.2. The summed E-state index contributed by atoms with van der Waals surface area (Å²) in [6.07, 6.45) is 4.26. The smallest absolute Gasteiger partial charge is 0.267 e. The van der Waals surface area contributed by atoms with Crippen molar-refractivity contribution in [2.75, 3.05) is 0 Å². The fraction of sp³-hybridized carbons (Fsp3) is 0. The van der Waals surface area contributed by atoms with Gasteiger partial charge < -0.3 is 0 Å². The molecule has 0 unspecified atom stereocenters. The van der Waals surface area contributed by atoms with Gasteiger partial charge in [0.15, 0.2) is 0 Å². The molecule has 96 valence electrons. The van der Waals surface area contributed by atoms with Gasteiger partial charge in [-0.3, -0.25) is 9.78 Å². The van der Waals surface area contributed by atoms with Crippen molar-refractivity contribution in [3.8, 4) is 0 Å². The Hall–Kier alpha value is -2.08. The summed E-state index contributed by atoms with van der Waals surface area (Å²) in [5.74, 6) is -0.792. The van der Waals surface area contributed by atoms with Crippen LogP contribution < -0.4 is 5.43 Å². The molecule has 0 atom stereocenters. The number of hydrogen-bond donors (Lipinski definition) is 1. The van der Waals surface area contributed by atoms with E-state index < -0.39 is 5.82 Å². The quantitative estimate of drug-likeness (QED) is 0.698. The van der Waals surface area contributed by atoms with Crippen LogP contribution in [-0.2, 0) is 0 Å². The van der Waals surface area contributed by atoms with Crippen molar-refractivity contribution in [3.63, 3.8) is 0 Å². The van der Waals surface area contributed by atoms with Crippen LogP contribution in [0.2, 0.25) is 0 Å². The van der Waals surface area contributed by atoms with E-state index in [0.717, 1.165) is 4.47 Å². The molecule has 6 heteroatoms. The minimum Gasteiger partial charge on any atom is -0.267 e. The summed E-state index contributed by atoms with van der Waals surface area (Å²) in [7, 11) is 0. The van der Waals surface area contributed by atoms with E-state index in [1.165, 1.54) is 24.7 Å². The van der Waals surface area contributed by atoms with Crippen molar-refractivity contribution in [1.82, 2.24) is 10.4 Å². The maximum absolute atomic E-state index is 13.4. The zero-order chi connectivity index (χ0) is 13.7. The molecule has 4 nitrogen and oxygen atoms in total. The number of amides is 1. The topological polar surface area (TPSA) is 54.4 Å². The second-order valence-electron chi connectivity index (χ2n) is 3.60. The first-order valence-corrected chi connectivity index (χ1v) is 6.14.